The van der Waals surface area contributed by atoms with Gasteiger partial charge in [-0.05, 0) is 42.2 Å². The van der Waals surface area contributed by atoms with Crippen LogP contribution in [0, 0.1) is 11.8 Å². The molecule has 0 unspecified atom stereocenters. The molecule has 0 aliphatic heterocycles. The van der Waals surface area contributed by atoms with E-state index in [4.69, 9.17) is 0 Å². The van der Waals surface area contributed by atoms with Gasteiger partial charge in [-0.2, -0.15) is 0 Å². The molecule has 0 aromatic heterocycles. The Kier molecular flexibility index (Phi) is 5.28. The molecule has 0 N–H and O–H groups in total. The lowest BCUT2D eigenvalue weighted by molar-refractivity contribution is 0.339. The van der Waals surface area contributed by atoms with Crippen molar-refractivity contribution in [3.05, 3.63) is 35.4 Å². The van der Waals surface area contributed by atoms with Gasteiger partial charge in [0.05, 0.1) is 0 Å². The van der Waals surface area contributed by atoms with Crippen LogP contribution in [0.5, 0.6) is 0 Å². The predicted molar refractivity (Wildman–Crippen MR) is 79.9 cm³/mol. The van der Waals surface area contributed by atoms with Crippen LogP contribution >= 0.6 is 0 Å². The fraction of sp³-hybridized carbons (Fsp3) is 0.667. The summed E-state index contributed by atoms with van der Waals surface area (Å²) >= 11 is 0. The number of aryl methyl sites for hydroxylation is 1. The maximum absolute atomic E-state index is 2.35. The van der Waals surface area contributed by atoms with E-state index in [1.165, 1.54) is 62.5 Å². The monoisotopic (exact) mass is 244 g/mol. The van der Waals surface area contributed by atoms with Crippen LogP contribution < -0.4 is 0 Å². The Labute approximate surface area is 113 Å². The standard InChI is InChI=1S/C18H28/c1-15(2)14-18-12-10-17(11-13-18)9-8-16-6-4-3-5-7-16/h10-13,15-16H,3-9,14H2,1-2H3. The molecule has 0 amide bonds. The molecule has 0 saturated heterocycles. The lowest BCUT2D eigenvalue weighted by atomic mass is 9.85. The van der Waals surface area contributed by atoms with E-state index in [1.807, 2.05) is 0 Å². The maximum Gasteiger partial charge on any atom is -0.0256 e. The number of hydrogen-bond acceptors (Lipinski definition) is 0. The van der Waals surface area contributed by atoms with Gasteiger partial charge in [0.15, 0.2) is 0 Å². The van der Waals surface area contributed by atoms with E-state index >= 15 is 0 Å². The third-order valence-electron chi connectivity index (χ3n) is 4.23. The molecule has 2 rings (SSSR count). The van der Waals surface area contributed by atoms with Crippen LogP contribution in [0.25, 0.3) is 0 Å². The third kappa shape index (κ3) is 4.48. The number of benzene rings is 1. The van der Waals surface area contributed by atoms with Crippen molar-refractivity contribution in [1.29, 1.82) is 0 Å². The van der Waals surface area contributed by atoms with Crippen LogP contribution in [0.2, 0.25) is 0 Å². The molecule has 0 atom stereocenters. The molecular weight excluding hydrogens is 216 g/mol. The summed E-state index contributed by atoms with van der Waals surface area (Å²) < 4.78 is 0. The molecule has 1 aromatic rings. The second-order valence-corrected chi connectivity index (χ2v) is 6.46. The highest BCUT2D eigenvalue weighted by molar-refractivity contribution is 5.23. The minimum absolute atomic E-state index is 0.762. The van der Waals surface area contributed by atoms with Crippen LogP contribution in [0.3, 0.4) is 0 Å². The summed E-state index contributed by atoms with van der Waals surface area (Å²) in [5, 5.41) is 0. The van der Waals surface area contributed by atoms with Gasteiger partial charge in [-0.15, -0.1) is 0 Å². The smallest absolute Gasteiger partial charge is 0.0256 e. The van der Waals surface area contributed by atoms with Crippen LogP contribution in [0.1, 0.15) is 63.5 Å². The molecule has 18 heavy (non-hydrogen) atoms. The highest BCUT2D eigenvalue weighted by Crippen LogP contribution is 2.27. The Morgan fingerprint density at radius 3 is 2.17 bits per heavy atom. The molecule has 0 radical (unpaired) electrons. The Bertz CT molecular complexity index is 328. The predicted octanol–water partition coefficient (Wildman–Crippen LogP) is 5.40. The van der Waals surface area contributed by atoms with Gasteiger partial charge in [0.25, 0.3) is 0 Å². The Morgan fingerprint density at radius 1 is 0.944 bits per heavy atom. The van der Waals surface area contributed by atoms with E-state index in [2.05, 4.69) is 38.1 Å². The van der Waals surface area contributed by atoms with Crippen molar-refractivity contribution in [3.8, 4) is 0 Å². The average molecular weight is 244 g/mol. The van der Waals surface area contributed by atoms with Crippen molar-refractivity contribution in [3.63, 3.8) is 0 Å². The molecule has 1 aliphatic carbocycles. The van der Waals surface area contributed by atoms with Crippen LogP contribution in [-0.4, -0.2) is 0 Å². The van der Waals surface area contributed by atoms with Gasteiger partial charge < -0.3 is 0 Å². The molecular formula is C18H28. The van der Waals surface area contributed by atoms with Crippen molar-refractivity contribution in [2.24, 2.45) is 11.8 Å². The molecule has 0 nitrogen and oxygen atoms in total. The number of hydrogen-bond donors (Lipinski definition) is 0. The van der Waals surface area contributed by atoms with Crippen molar-refractivity contribution in [1.82, 2.24) is 0 Å². The molecule has 1 fully saturated rings. The average Bonchev–Trinajstić information content (AvgIpc) is 2.38. The van der Waals surface area contributed by atoms with Gasteiger partial charge in [0.1, 0.15) is 0 Å². The van der Waals surface area contributed by atoms with Crippen molar-refractivity contribution >= 4 is 0 Å². The third-order valence-corrected chi connectivity index (χ3v) is 4.23. The van der Waals surface area contributed by atoms with Gasteiger partial charge >= 0.3 is 0 Å². The summed E-state index contributed by atoms with van der Waals surface area (Å²) in [5.74, 6) is 1.77. The first-order chi connectivity index (χ1) is 8.74. The molecule has 1 aliphatic rings. The van der Waals surface area contributed by atoms with Gasteiger partial charge in [-0.1, -0.05) is 70.2 Å². The second kappa shape index (κ2) is 6.97. The van der Waals surface area contributed by atoms with E-state index in [0.29, 0.717) is 0 Å². The first-order valence-electron chi connectivity index (χ1n) is 7.82. The van der Waals surface area contributed by atoms with Crippen LogP contribution in [-0.2, 0) is 12.8 Å². The van der Waals surface area contributed by atoms with E-state index in [9.17, 15) is 0 Å². The zero-order valence-corrected chi connectivity index (χ0v) is 12.1. The summed E-state index contributed by atoms with van der Waals surface area (Å²) in [7, 11) is 0. The fourth-order valence-corrected chi connectivity index (χ4v) is 3.16. The summed E-state index contributed by atoms with van der Waals surface area (Å²) in [6.07, 6.45) is 11.3. The summed E-state index contributed by atoms with van der Waals surface area (Å²) in [6.45, 7) is 4.58. The van der Waals surface area contributed by atoms with Gasteiger partial charge in [-0.25, -0.2) is 0 Å². The maximum atomic E-state index is 2.35. The highest BCUT2D eigenvalue weighted by Gasteiger charge is 2.12. The summed E-state index contributed by atoms with van der Waals surface area (Å²) in [4.78, 5) is 0. The quantitative estimate of drug-likeness (QED) is 0.650. The second-order valence-electron chi connectivity index (χ2n) is 6.46. The fourth-order valence-electron chi connectivity index (χ4n) is 3.16. The molecule has 100 valence electrons. The van der Waals surface area contributed by atoms with E-state index in [0.717, 1.165) is 11.8 Å². The van der Waals surface area contributed by atoms with E-state index in [-0.39, 0.29) is 0 Å². The lowest BCUT2D eigenvalue weighted by Gasteiger charge is -2.21. The van der Waals surface area contributed by atoms with Gasteiger partial charge in [0.2, 0.25) is 0 Å². The molecule has 0 heteroatoms. The highest BCUT2D eigenvalue weighted by atomic mass is 14.2. The lowest BCUT2D eigenvalue weighted by Crippen LogP contribution is -2.07. The van der Waals surface area contributed by atoms with Crippen molar-refractivity contribution in [2.75, 3.05) is 0 Å². The SMILES string of the molecule is CC(C)Cc1ccc(CCC2CCCCC2)cc1. The largest absolute Gasteiger partial charge is 0.0625 e. The zero-order chi connectivity index (χ0) is 12.8. The topological polar surface area (TPSA) is 0 Å². The van der Waals surface area contributed by atoms with E-state index in [1.54, 1.807) is 0 Å². The molecule has 1 aromatic carbocycles. The Hall–Kier alpha value is -0.780. The molecule has 0 heterocycles. The first-order valence-corrected chi connectivity index (χ1v) is 7.82. The minimum Gasteiger partial charge on any atom is -0.0625 e. The van der Waals surface area contributed by atoms with Crippen molar-refractivity contribution < 1.29 is 0 Å². The summed E-state index contributed by atoms with van der Waals surface area (Å²) in [5.41, 5.74) is 3.03. The summed E-state index contributed by atoms with van der Waals surface area (Å²) in [6, 6.07) is 9.35. The minimum atomic E-state index is 0.762. The van der Waals surface area contributed by atoms with Crippen molar-refractivity contribution in [2.45, 2.75) is 65.2 Å². The van der Waals surface area contributed by atoms with Crippen LogP contribution in [0.15, 0.2) is 24.3 Å². The van der Waals surface area contributed by atoms with E-state index < -0.39 is 0 Å². The Balaban J connectivity index is 1.78. The molecule has 0 spiro atoms. The normalized spacial score (nSPS) is 17.3. The van der Waals surface area contributed by atoms with Crippen LogP contribution in [0.4, 0.5) is 0 Å². The first kappa shape index (κ1) is 13.6. The van der Waals surface area contributed by atoms with Gasteiger partial charge in [-0.3, -0.25) is 0 Å². The zero-order valence-electron chi connectivity index (χ0n) is 12.1. The number of rotatable bonds is 5. The Morgan fingerprint density at radius 2 is 1.56 bits per heavy atom. The van der Waals surface area contributed by atoms with Gasteiger partial charge in [0, 0.05) is 0 Å². The molecule has 0 bridgehead atoms. The molecule has 1 saturated carbocycles.